The van der Waals surface area contributed by atoms with Crippen LogP contribution in [0.3, 0.4) is 0 Å². The van der Waals surface area contributed by atoms with Gasteiger partial charge in [0, 0.05) is 13.1 Å². The number of sulfonamides is 1. The van der Waals surface area contributed by atoms with Gasteiger partial charge in [-0.05, 0) is 38.1 Å². The smallest absolute Gasteiger partial charge is 0.216 e. The summed E-state index contributed by atoms with van der Waals surface area (Å²) in [5, 5.41) is -0.0954. The van der Waals surface area contributed by atoms with Crippen molar-refractivity contribution in [1.29, 1.82) is 0 Å². The summed E-state index contributed by atoms with van der Waals surface area (Å²) in [5.74, 6) is 0.523. The second kappa shape index (κ2) is 5.02. The molecule has 0 radical (unpaired) electrons. The number of nitrogens with two attached hydrogens (primary N) is 1. The van der Waals surface area contributed by atoms with Crippen LogP contribution in [0.1, 0.15) is 38.5 Å². The Morgan fingerprint density at radius 1 is 1.06 bits per heavy atom. The molecule has 1 aliphatic carbocycles. The maximum absolute atomic E-state index is 12.3. The molecule has 1 saturated carbocycles. The van der Waals surface area contributed by atoms with Gasteiger partial charge in [0.2, 0.25) is 10.0 Å². The molecule has 2 N–H and O–H groups in total. The van der Waals surface area contributed by atoms with Gasteiger partial charge in [-0.3, -0.25) is 0 Å². The lowest BCUT2D eigenvalue weighted by Gasteiger charge is -2.32. The Morgan fingerprint density at radius 2 is 1.62 bits per heavy atom. The largest absolute Gasteiger partial charge is 0.330 e. The van der Waals surface area contributed by atoms with E-state index in [1.807, 2.05) is 0 Å². The third-order valence-corrected chi connectivity index (χ3v) is 6.39. The van der Waals surface area contributed by atoms with E-state index in [-0.39, 0.29) is 5.25 Å². The molecule has 0 aromatic rings. The maximum atomic E-state index is 12.3. The molecule has 2 rings (SSSR count). The first kappa shape index (κ1) is 12.3. The predicted octanol–water partition coefficient (Wildman–Crippen LogP) is 0.929. The Labute approximate surface area is 98.2 Å². The summed E-state index contributed by atoms with van der Waals surface area (Å²) in [6.07, 6.45) is 5.73. The Morgan fingerprint density at radius 3 is 2.12 bits per heavy atom. The van der Waals surface area contributed by atoms with Crippen LogP contribution in [0.4, 0.5) is 0 Å². The summed E-state index contributed by atoms with van der Waals surface area (Å²) in [7, 11) is -3.00. The average molecular weight is 246 g/mol. The van der Waals surface area contributed by atoms with Gasteiger partial charge < -0.3 is 5.73 Å². The van der Waals surface area contributed by atoms with Gasteiger partial charge >= 0.3 is 0 Å². The van der Waals surface area contributed by atoms with Gasteiger partial charge in [0.1, 0.15) is 0 Å². The summed E-state index contributed by atoms with van der Waals surface area (Å²) in [6, 6.07) is 0. The first-order chi connectivity index (χ1) is 7.64. The van der Waals surface area contributed by atoms with Crippen LogP contribution in [-0.4, -0.2) is 37.6 Å². The van der Waals surface area contributed by atoms with Gasteiger partial charge in [-0.1, -0.05) is 12.8 Å². The van der Waals surface area contributed by atoms with Crippen LogP contribution >= 0.6 is 0 Å². The standard InChI is InChI=1S/C11H22N2O2S/c12-9-10-5-7-13(8-6-10)16(14,15)11-3-1-2-4-11/h10-11H,1-9,12H2. The molecule has 5 heteroatoms. The SMILES string of the molecule is NCC1CCN(S(=O)(=O)C2CCCC2)CC1. The van der Waals surface area contributed by atoms with Gasteiger partial charge in [0.15, 0.2) is 0 Å². The number of hydrogen-bond acceptors (Lipinski definition) is 3. The van der Waals surface area contributed by atoms with E-state index in [9.17, 15) is 8.42 Å². The minimum absolute atomic E-state index is 0.0954. The van der Waals surface area contributed by atoms with Gasteiger partial charge in [-0.2, -0.15) is 0 Å². The minimum Gasteiger partial charge on any atom is -0.330 e. The van der Waals surface area contributed by atoms with Crippen LogP contribution in [0.5, 0.6) is 0 Å². The van der Waals surface area contributed by atoms with Gasteiger partial charge in [-0.15, -0.1) is 0 Å². The van der Waals surface area contributed by atoms with Crippen molar-refractivity contribution in [3.8, 4) is 0 Å². The molecule has 1 saturated heterocycles. The molecule has 2 fully saturated rings. The Bertz CT molecular complexity index is 315. The van der Waals surface area contributed by atoms with E-state index in [0.29, 0.717) is 25.6 Å². The fraction of sp³-hybridized carbons (Fsp3) is 1.00. The predicted molar refractivity (Wildman–Crippen MR) is 64.5 cm³/mol. The molecule has 4 nitrogen and oxygen atoms in total. The summed E-state index contributed by atoms with van der Waals surface area (Å²) >= 11 is 0. The van der Waals surface area contributed by atoms with Gasteiger partial charge in [0.25, 0.3) is 0 Å². The van der Waals surface area contributed by atoms with E-state index in [0.717, 1.165) is 38.5 Å². The zero-order valence-electron chi connectivity index (χ0n) is 9.77. The highest BCUT2D eigenvalue weighted by Crippen LogP contribution is 2.29. The Hall–Kier alpha value is -0.130. The van der Waals surface area contributed by atoms with E-state index < -0.39 is 10.0 Å². The van der Waals surface area contributed by atoms with Crippen molar-refractivity contribution in [3.63, 3.8) is 0 Å². The zero-order valence-corrected chi connectivity index (χ0v) is 10.6. The summed E-state index contributed by atoms with van der Waals surface area (Å²) < 4.78 is 26.3. The second-order valence-electron chi connectivity index (χ2n) is 5.03. The molecule has 0 aromatic carbocycles. The summed E-state index contributed by atoms with van der Waals surface area (Å²) in [5.41, 5.74) is 5.61. The van der Waals surface area contributed by atoms with Gasteiger partial charge in [-0.25, -0.2) is 12.7 Å². The molecule has 0 unspecified atom stereocenters. The second-order valence-corrected chi connectivity index (χ2v) is 7.24. The maximum Gasteiger partial charge on any atom is 0.216 e. The van der Waals surface area contributed by atoms with Crippen molar-refractivity contribution in [1.82, 2.24) is 4.31 Å². The lowest BCUT2D eigenvalue weighted by Crippen LogP contribution is -2.43. The topological polar surface area (TPSA) is 63.4 Å². The minimum atomic E-state index is -3.00. The number of rotatable bonds is 3. The molecular weight excluding hydrogens is 224 g/mol. The van der Waals surface area contributed by atoms with Crippen molar-refractivity contribution < 1.29 is 8.42 Å². The Balaban J connectivity index is 1.97. The summed E-state index contributed by atoms with van der Waals surface area (Å²) in [4.78, 5) is 0. The van der Waals surface area contributed by atoms with Crippen molar-refractivity contribution in [2.24, 2.45) is 11.7 Å². The van der Waals surface area contributed by atoms with E-state index in [1.54, 1.807) is 4.31 Å². The van der Waals surface area contributed by atoms with Crippen molar-refractivity contribution in [2.45, 2.75) is 43.8 Å². The third kappa shape index (κ3) is 2.41. The molecule has 0 amide bonds. The highest BCUT2D eigenvalue weighted by atomic mass is 32.2. The number of hydrogen-bond donors (Lipinski definition) is 1. The lowest BCUT2D eigenvalue weighted by molar-refractivity contribution is 0.276. The molecule has 0 aromatic heterocycles. The van der Waals surface area contributed by atoms with Crippen LogP contribution in [-0.2, 0) is 10.0 Å². The first-order valence-electron chi connectivity index (χ1n) is 6.33. The molecular formula is C11H22N2O2S. The van der Waals surface area contributed by atoms with E-state index >= 15 is 0 Å². The molecule has 1 aliphatic heterocycles. The fourth-order valence-electron chi connectivity index (χ4n) is 2.80. The fourth-order valence-corrected chi connectivity index (χ4v) is 4.87. The average Bonchev–Trinajstić information content (AvgIpc) is 2.83. The number of nitrogens with zero attached hydrogens (tertiary/aromatic N) is 1. The third-order valence-electron chi connectivity index (χ3n) is 3.99. The molecule has 2 aliphatic rings. The van der Waals surface area contributed by atoms with E-state index in [4.69, 9.17) is 5.73 Å². The van der Waals surface area contributed by atoms with E-state index in [2.05, 4.69) is 0 Å². The highest BCUT2D eigenvalue weighted by Gasteiger charge is 2.35. The normalized spacial score (nSPS) is 26.3. The quantitative estimate of drug-likeness (QED) is 0.805. The van der Waals surface area contributed by atoms with Crippen molar-refractivity contribution >= 4 is 10.0 Å². The first-order valence-corrected chi connectivity index (χ1v) is 7.84. The van der Waals surface area contributed by atoms with Crippen molar-refractivity contribution in [3.05, 3.63) is 0 Å². The molecule has 0 spiro atoms. The van der Waals surface area contributed by atoms with Crippen LogP contribution < -0.4 is 5.73 Å². The van der Waals surface area contributed by atoms with Crippen LogP contribution in [0.15, 0.2) is 0 Å². The molecule has 0 atom stereocenters. The van der Waals surface area contributed by atoms with Crippen LogP contribution in [0.2, 0.25) is 0 Å². The van der Waals surface area contributed by atoms with Crippen molar-refractivity contribution in [2.75, 3.05) is 19.6 Å². The van der Waals surface area contributed by atoms with E-state index in [1.165, 1.54) is 0 Å². The van der Waals surface area contributed by atoms with Crippen LogP contribution in [0, 0.1) is 5.92 Å². The lowest BCUT2D eigenvalue weighted by atomic mass is 9.99. The van der Waals surface area contributed by atoms with Crippen LogP contribution in [0.25, 0.3) is 0 Å². The summed E-state index contributed by atoms with van der Waals surface area (Å²) in [6.45, 7) is 2.05. The molecule has 16 heavy (non-hydrogen) atoms. The van der Waals surface area contributed by atoms with Gasteiger partial charge in [0.05, 0.1) is 5.25 Å². The number of piperidine rings is 1. The molecule has 94 valence electrons. The molecule has 1 heterocycles. The Kier molecular flexibility index (Phi) is 3.87. The zero-order chi connectivity index (χ0) is 11.6. The highest BCUT2D eigenvalue weighted by molar-refractivity contribution is 7.89. The molecule has 0 bridgehead atoms. The monoisotopic (exact) mass is 246 g/mol.